The molecule has 1 saturated carbocycles. The zero-order valence-electron chi connectivity index (χ0n) is 15.6. The summed E-state index contributed by atoms with van der Waals surface area (Å²) in [6.45, 7) is -0.745. The third kappa shape index (κ3) is 5.46. The third-order valence-electron chi connectivity index (χ3n) is 4.23. The molecule has 0 bridgehead atoms. The molecular formula is C19H21N3O6S. The fourth-order valence-electron chi connectivity index (χ4n) is 2.66. The fraction of sp³-hybridized carbons (Fsp3) is 0.263. The van der Waals surface area contributed by atoms with Gasteiger partial charge in [0.1, 0.15) is 17.2 Å². The van der Waals surface area contributed by atoms with Gasteiger partial charge in [0.25, 0.3) is 0 Å². The predicted molar refractivity (Wildman–Crippen MR) is 106 cm³/mol. The Kier molecular flexibility index (Phi) is 6.04. The standard InChI is InChI=1S/C19H21N3O6S/c1-28-16-8-5-13(10-17(16)29(26,27)20-11-18(23)24)12-3-2-4-15(9-12)22-19(25)21-14-6-7-14/h2-5,8-10,14,20H,6-7,11H2,1H3,(H,23,24)(H2,21,22,25). The number of urea groups is 1. The molecule has 2 amide bonds. The molecule has 4 N–H and O–H groups in total. The smallest absolute Gasteiger partial charge is 0.319 e. The van der Waals surface area contributed by atoms with E-state index in [9.17, 15) is 18.0 Å². The Hall–Kier alpha value is -3.11. The van der Waals surface area contributed by atoms with Crippen molar-refractivity contribution in [2.75, 3.05) is 19.0 Å². The summed E-state index contributed by atoms with van der Waals surface area (Å²) >= 11 is 0. The molecule has 0 radical (unpaired) electrons. The monoisotopic (exact) mass is 419 g/mol. The Labute approximate surface area is 168 Å². The molecule has 2 aromatic rings. The summed E-state index contributed by atoms with van der Waals surface area (Å²) in [5.74, 6) is -1.21. The number of anilines is 1. The first-order valence-corrected chi connectivity index (χ1v) is 10.3. The molecule has 1 fully saturated rings. The van der Waals surface area contributed by atoms with E-state index in [4.69, 9.17) is 9.84 Å². The average molecular weight is 419 g/mol. The number of ether oxygens (including phenoxy) is 1. The highest BCUT2D eigenvalue weighted by Gasteiger charge is 2.23. The molecule has 9 nitrogen and oxygen atoms in total. The maximum Gasteiger partial charge on any atom is 0.319 e. The summed E-state index contributed by atoms with van der Waals surface area (Å²) < 4.78 is 32.1. The number of amides is 2. The van der Waals surface area contributed by atoms with Gasteiger partial charge in [0.2, 0.25) is 10.0 Å². The lowest BCUT2D eigenvalue weighted by molar-refractivity contribution is -0.135. The van der Waals surface area contributed by atoms with E-state index in [0.717, 1.165) is 12.8 Å². The van der Waals surface area contributed by atoms with Crippen LogP contribution in [0.2, 0.25) is 0 Å². The molecule has 0 heterocycles. The van der Waals surface area contributed by atoms with Crippen molar-refractivity contribution < 1.29 is 27.9 Å². The van der Waals surface area contributed by atoms with Gasteiger partial charge in [0, 0.05) is 11.7 Å². The Morgan fingerprint density at radius 3 is 2.52 bits per heavy atom. The predicted octanol–water partition coefficient (Wildman–Crippen LogP) is 2.01. The van der Waals surface area contributed by atoms with Gasteiger partial charge in [-0.15, -0.1) is 0 Å². The normalized spacial score (nSPS) is 13.6. The molecule has 0 spiro atoms. The van der Waals surface area contributed by atoms with Crippen molar-refractivity contribution in [2.45, 2.75) is 23.8 Å². The van der Waals surface area contributed by atoms with Crippen molar-refractivity contribution in [3.8, 4) is 16.9 Å². The van der Waals surface area contributed by atoms with Crippen LogP contribution in [0.5, 0.6) is 5.75 Å². The van der Waals surface area contributed by atoms with Gasteiger partial charge in [0.15, 0.2) is 0 Å². The lowest BCUT2D eigenvalue weighted by Gasteiger charge is -2.13. The number of benzene rings is 2. The minimum Gasteiger partial charge on any atom is -0.495 e. The van der Waals surface area contributed by atoms with Gasteiger partial charge >= 0.3 is 12.0 Å². The van der Waals surface area contributed by atoms with Crippen LogP contribution in [0.1, 0.15) is 12.8 Å². The molecule has 2 aromatic carbocycles. The first-order chi connectivity index (χ1) is 13.8. The van der Waals surface area contributed by atoms with Gasteiger partial charge in [-0.05, 0) is 48.2 Å². The Morgan fingerprint density at radius 1 is 1.14 bits per heavy atom. The van der Waals surface area contributed by atoms with E-state index < -0.39 is 22.5 Å². The number of aliphatic carboxylic acids is 1. The van der Waals surface area contributed by atoms with Gasteiger partial charge in [0.05, 0.1) is 7.11 Å². The Morgan fingerprint density at radius 2 is 1.86 bits per heavy atom. The minimum atomic E-state index is -4.10. The number of hydrogen-bond donors (Lipinski definition) is 4. The number of carboxylic acids is 1. The highest BCUT2D eigenvalue weighted by molar-refractivity contribution is 7.89. The number of carbonyl (C=O) groups excluding carboxylic acids is 1. The number of methoxy groups -OCH3 is 1. The van der Waals surface area contributed by atoms with E-state index >= 15 is 0 Å². The fourth-order valence-corrected chi connectivity index (χ4v) is 3.82. The van der Waals surface area contributed by atoms with E-state index in [1.165, 1.54) is 19.2 Å². The van der Waals surface area contributed by atoms with Crippen molar-refractivity contribution in [1.29, 1.82) is 0 Å². The molecule has 0 atom stereocenters. The lowest BCUT2D eigenvalue weighted by atomic mass is 10.0. The molecule has 0 aliphatic heterocycles. The summed E-state index contributed by atoms with van der Waals surface area (Å²) in [4.78, 5) is 22.5. The van der Waals surface area contributed by atoms with E-state index in [1.807, 2.05) is 4.72 Å². The molecule has 10 heteroatoms. The molecular weight excluding hydrogens is 398 g/mol. The van der Waals surface area contributed by atoms with Crippen LogP contribution in [-0.2, 0) is 14.8 Å². The highest BCUT2D eigenvalue weighted by atomic mass is 32.2. The van der Waals surface area contributed by atoms with Crippen LogP contribution in [0, 0.1) is 0 Å². The van der Waals surface area contributed by atoms with Crippen LogP contribution in [0.15, 0.2) is 47.4 Å². The van der Waals surface area contributed by atoms with Crippen LogP contribution >= 0.6 is 0 Å². The molecule has 1 aliphatic rings. The van der Waals surface area contributed by atoms with E-state index in [1.54, 1.807) is 30.3 Å². The molecule has 29 heavy (non-hydrogen) atoms. The number of nitrogens with one attached hydrogen (secondary N) is 3. The molecule has 0 saturated heterocycles. The third-order valence-corrected chi connectivity index (χ3v) is 5.66. The zero-order chi connectivity index (χ0) is 21.0. The van der Waals surface area contributed by atoms with E-state index in [2.05, 4.69) is 10.6 Å². The Balaban J connectivity index is 1.88. The maximum atomic E-state index is 12.5. The number of hydrogen-bond acceptors (Lipinski definition) is 5. The summed E-state index contributed by atoms with van der Waals surface area (Å²) in [6.07, 6.45) is 1.96. The van der Waals surface area contributed by atoms with Gasteiger partial charge < -0.3 is 20.5 Å². The molecule has 0 unspecified atom stereocenters. The van der Waals surface area contributed by atoms with E-state index in [0.29, 0.717) is 16.8 Å². The first-order valence-electron chi connectivity index (χ1n) is 8.86. The number of sulfonamides is 1. The van der Waals surface area contributed by atoms with Gasteiger partial charge in [-0.3, -0.25) is 4.79 Å². The highest BCUT2D eigenvalue weighted by Crippen LogP contribution is 2.31. The Bertz CT molecular complexity index is 1030. The summed E-state index contributed by atoms with van der Waals surface area (Å²) in [7, 11) is -2.77. The molecule has 0 aromatic heterocycles. The maximum absolute atomic E-state index is 12.5. The molecule has 3 rings (SSSR count). The van der Waals surface area contributed by atoms with Crippen LogP contribution in [0.4, 0.5) is 10.5 Å². The van der Waals surface area contributed by atoms with Crippen LogP contribution < -0.4 is 20.1 Å². The van der Waals surface area contributed by atoms with Crippen molar-refractivity contribution in [3.63, 3.8) is 0 Å². The van der Waals surface area contributed by atoms with Crippen molar-refractivity contribution in [1.82, 2.24) is 10.0 Å². The van der Waals surface area contributed by atoms with Crippen molar-refractivity contribution in [3.05, 3.63) is 42.5 Å². The van der Waals surface area contributed by atoms with Gasteiger partial charge in [-0.2, -0.15) is 4.72 Å². The zero-order valence-corrected chi connectivity index (χ0v) is 16.5. The number of rotatable bonds is 8. The summed E-state index contributed by atoms with van der Waals surface area (Å²) in [5.41, 5.74) is 1.80. The van der Waals surface area contributed by atoms with E-state index in [-0.39, 0.29) is 22.7 Å². The van der Waals surface area contributed by atoms with Crippen LogP contribution in [0.25, 0.3) is 11.1 Å². The van der Waals surface area contributed by atoms with Crippen LogP contribution in [0.3, 0.4) is 0 Å². The average Bonchev–Trinajstić information content (AvgIpc) is 3.50. The summed E-state index contributed by atoms with van der Waals surface area (Å²) in [6, 6.07) is 11.5. The SMILES string of the molecule is COc1ccc(-c2cccc(NC(=O)NC3CC3)c2)cc1S(=O)(=O)NCC(=O)O. The van der Waals surface area contributed by atoms with Crippen molar-refractivity contribution in [2.24, 2.45) is 0 Å². The quantitative estimate of drug-likeness (QED) is 0.517. The number of carboxylic acid groups (broad SMARTS) is 1. The largest absolute Gasteiger partial charge is 0.495 e. The minimum absolute atomic E-state index is 0.0877. The van der Waals surface area contributed by atoms with Gasteiger partial charge in [-0.25, -0.2) is 13.2 Å². The van der Waals surface area contributed by atoms with Crippen LogP contribution in [-0.4, -0.2) is 45.2 Å². The lowest BCUT2D eigenvalue weighted by Crippen LogP contribution is -2.30. The molecule has 154 valence electrons. The molecule has 1 aliphatic carbocycles. The second-order valence-electron chi connectivity index (χ2n) is 6.54. The second kappa shape index (κ2) is 8.50. The van der Waals surface area contributed by atoms with Gasteiger partial charge in [-0.1, -0.05) is 18.2 Å². The second-order valence-corrected chi connectivity index (χ2v) is 8.27. The topological polar surface area (TPSA) is 134 Å². The number of carbonyl (C=O) groups is 2. The van der Waals surface area contributed by atoms with Crippen molar-refractivity contribution >= 4 is 27.7 Å². The summed E-state index contributed by atoms with van der Waals surface area (Å²) in [5, 5.41) is 14.3. The first kappa shape index (κ1) is 20.6.